The predicted molar refractivity (Wildman–Crippen MR) is 123 cm³/mol. The van der Waals surface area contributed by atoms with Crippen LogP contribution >= 0.6 is 23.1 Å². The lowest BCUT2D eigenvalue weighted by Gasteiger charge is -2.10. The molecule has 1 heterocycles. The van der Waals surface area contributed by atoms with Crippen molar-refractivity contribution >= 4 is 34.8 Å². The monoisotopic (exact) mass is 480 g/mol. The summed E-state index contributed by atoms with van der Waals surface area (Å²) in [5.74, 6) is -0.0790. The van der Waals surface area contributed by atoms with Crippen molar-refractivity contribution in [1.29, 1.82) is 0 Å². The van der Waals surface area contributed by atoms with Crippen LogP contribution in [0.2, 0.25) is 0 Å². The molecule has 170 valence electrons. The SMILES string of the molecule is Cc1cc(SCc2sc(-c3ccc(C(F)(F)F)cc3)nc2C)ccc1NCCCC(=O)O. The molecule has 0 saturated carbocycles. The van der Waals surface area contributed by atoms with Crippen LogP contribution in [0, 0.1) is 13.8 Å². The van der Waals surface area contributed by atoms with Crippen LogP contribution < -0.4 is 5.32 Å². The second-order valence-electron chi connectivity index (χ2n) is 7.29. The Morgan fingerprint density at radius 1 is 1.16 bits per heavy atom. The number of nitrogens with zero attached hydrogens (tertiary/aromatic N) is 1. The number of thiazole rings is 1. The maximum atomic E-state index is 12.8. The third kappa shape index (κ3) is 6.49. The van der Waals surface area contributed by atoms with Crippen molar-refractivity contribution in [2.24, 2.45) is 0 Å². The van der Waals surface area contributed by atoms with E-state index in [0.717, 1.165) is 44.6 Å². The van der Waals surface area contributed by atoms with Crippen LogP contribution in [0.3, 0.4) is 0 Å². The summed E-state index contributed by atoms with van der Waals surface area (Å²) < 4.78 is 38.3. The minimum atomic E-state index is -4.35. The smallest absolute Gasteiger partial charge is 0.416 e. The summed E-state index contributed by atoms with van der Waals surface area (Å²) in [6.07, 6.45) is -3.64. The number of carbonyl (C=O) groups is 1. The van der Waals surface area contributed by atoms with Crippen molar-refractivity contribution in [2.75, 3.05) is 11.9 Å². The Hall–Kier alpha value is -2.52. The highest BCUT2D eigenvalue weighted by atomic mass is 32.2. The molecule has 0 atom stereocenters. The van der Waals surface area contributed by atoms with E-state index in [1.807, 2.05) is 26.0 Å². The maximum Gasteiger partial charge on any atom is 0.416 e. The van der Waals surface area contributed by atoms with Gasteiger partial charge in [0.15, 0.2) is 0 Å². The average molecular weight is 481 g/mol. The topological polar surface area (TPSA) is 62.2 Å². The van der Waals surface area contributed by atoms with Crippen molar-refractivity contribution in [3.05, 3.63) is 64.2 Å². The first-order chi connectivity index (χ1) is 15.1. The van der Waals surface area contributed by atoms with Gasteiger partial charge < -0.3 is 10.4 Å². The molecule has 3 aromatic rings. The van der Waals surface area contributed by atoms with Gasteiger partial charge in [0, 0.05) is 39.7 Å². The first kappa shape index (κ1) is 24.1. The summed E-state index contributed by atoms with van der Waals surface area (Å²) in [5, 5.41) is 12.7. The molecule has 0 aliphatic heterocycles. The molecule has 0 bridgehead atoms. The minimum absolute atomic E-state index is 0.142. The Labute approximate surface area is 192 Å². The quantitative estimate of drug-likeness (QED) is 0.255. The number of thioether (sulfide) groups is 1. The van der Waals surface area contributed by atoms with Gasteiger partial charge in [-0.3, -0.25) is 4.79 Å². The summed E-state index contributed by atoms with van der Waals surface area (Å²) in [7, 11) is 0. The Bertz CT molecular complexity index is 1080. The maximum absolute atomic E-state index is 12.8. The van der Waals surface area contributed by atoms with Gasteiger partial charge in [0.2, 0.25) is 0 Å². The van der Waals surface area contributed by atoms with Crippen LogP contribution in [0.25, 0.3) is 10.6 Å². The molecule has 0 unspecified atom stereocenters. The standard InChI is InChI=1S/C23H23F3N2O2S2/c1-14-12-18(9-10-19(14)27-11-3-4-21(29)30)31-13-20-15(2)28-22(32-20)16-5-7-17(8-6-16)23(24,25)26/h5-10,12,27H,3-4,11,13H2,1-2H3,(H,29,30). The largest absolute Gasteiger partial charge is 0.481 e. The molecule has 0 aliphatic rings. The molecule has 0 aliphatic carbocycles. The second-order valence-corrected chi connectivity index (χ2v) is 9.42. The van der Waals surface area contributed by atoms with E-state index in [1.165, 1.54) is 23.5 Å². The number of rotatable bonds is 9. The van der Waals surface area contributed by atoms with E-state index in [9.17, 15) is 18.0 Å². The van der Waals surface area contributed by atoms with Gasteiger partial charge in [-0.1, -0.05) is 12.1 Å². The van der Waals surface area contributed by atoms with Crippen LogP contribution in [0.5, 0.6) is 0 Å². The summed E-state index contributed by atoms with van der Waals surface area (Å²) >= 11 is 3.17. The fourth-order valence-corrected chi connectivity index (χ4v) is 5.23. The fraction of sp³-hybridized carbons (Fsp3) is 0.304. The van der Waals surface area contributed by atoms with Crippen LogP contribution in [0.1, 0.15) is 34.5 Å². The van der Waals surface area contributed by atoms with E-state index in [-0.39, 0.29) is 6.42 Å². The highest BCUT2D eigenvalue weighted by Crippen LogP contribution is 2.35. The van der Waals surface area contributed by atoms with Gasteiger partial charge >= 0.3 is 12.1 Å². The molecule has 4 nitrogen and oxygen atoms in total. The Kier molecular flexibility index (Phi) is 7.84. The van der Waals surface area contributed by atoms with E-state index in [2.05, 4.69) is 16.4 Å². The molecular weight excluding hydrogens is 457 g/mol. The Morgan fingerprint density at radius 2 is 1.88 bits per heavy atom. The van der Waals surface area contributed by atoms with Crippen LogP contribution in [-0.2, 0) is 16.7 Å². The summed E-state index contributed by atoms with van der Waals surface area (Å²) in [6, 6.07) is 11.2. The van der Waals surface area contributed by atoms with Gasteiger partial charge in [0.1, 0.15) is 5.01 Å². The lowest BCUT2D eigenvalue weighted by atomic mass is 10.1. The highest BCUT2D eigenvalue weighted by molar-refractivity contribution is 7.98. The van der Waals surface area contributed by atoms with Crippen molar-refractivity contribution in [3.8, 4) is 10.6 Å². The van der Waals surface area contributed by atoms with Crippen LogP contribution in [-0.4, -0.2) is 22.6 Å². The number of hydrogen-bond donors (Lipinski definition) is 2. The van der Waals surface area contributed by atoms with Crippen molar-refractivity contribution in [2.45, 2.75) is 43.5 Å². The van der Waals surface area contributed by atoms with Crippen LogP contribution in [0.15, 0.2) is 47.4 Å². The normalized spacial score (nSPS) is 11.5. The number of carboxylic acid groups (broad SMARTS) is 1. The van der Waals surface area contributed by atoms with E-state index in [4.69, 9.17) is 5.11 Å². The molecule has 0 radical (unpaired) electrons. The number of carboxylic acids is 1. The summed E-state index contributed by atoms with van der Waals surface area (Å²) in [4.78, 5) is 17.3. The molecule has 0 fully saturated rings. The predicted octanol–water partition coefficient (Wildman–Crippen LogP) is 7.01. The molecule has 0 amide bonds. The zero-order valence-electron chi connectivity index (χ0n) is 17.6. The number of nitrogens with one attached hydrogen (secondary N) is 1. The lowest BCUT2D eigenvalue weighted by molar-refractivity contribution is -0.138. The number of halogens is 3. The minimum Gasteiger partial charge on any atom is -0.481 e. The van der Waals surface area contributed by atoms with Crippen molar-refractivity contribution in [1.82, 2.24) is 4.98 Å². The molecule has 2 aromatic carbocycles. The number of aliphatic carboxylic acids is 1. The van der Waals surface area contributed by atoms with Crippen molar-refractivity contribution in [3.63, 3.8) is 0 Å². The third-order valence-corrected chi connectivity index (χ3v) is 7.21. The average Bonchev–Trinajstić information content (AvgIpc) is 3.10. The van der Waals surface area contributed by atoms with E-state index in [1.54, 1.807) is 11.8 Å². The molecule has 1 aromatic heterocycles. The van der Waals surface area contributed by atoms with E-state index < -0.39 is 17.7 Å². The third-order valence-electron chi connectivity index (χ3n) is 4.80. The Balaban J connectivity index is 1.61. The number of aryl methyl sites for hydroxylation is 2. The van der Waals surface area contributed by atoms with Gasteiger partial charge in [-0.25, -0.2) is 4.98 Å². The number of aromatic nitrogens is 1. The van der Waals surface area contributed by atoms with Crippen LogP contribution in [0.4, 0.5) is 18.9 Å². The van der Waals surface area contributed by atoms with Gasteiger partial charge in [-0.2, -0.15) is 13.2 Å². The van der Waals surface area contributed by atoms with Crippen molar-refractivity contribution < 1.29 is 23.1 Å². The molecule has 0 saturated heterocycles. The number of benzene rings is 2. The van der Waals surface area contributed by atoms with E-state index >= 15 is 0 Å². The zero-order valence-corrected chi connectivity index (χ0v) is 19.3. The first-order valence-corrected chi connectivity index (χ1v) is 11.8. The molecular formula is C23H23F3N2O2S2. The number of hydrogen-bond acceptors (Lipinski definition) is 5. The number of alkyl halides is 3. The lowest BCUT2D eigenvalue weighted by Crippen LogP contribution is -2.05. The van der Waals surface area contributed by atoms with Gasteiger partial charge in [0.25, 0.3) is 0 Å². The molecule has 32 heavy (non-hydrogen) atoms. The molecule has 0 spiro atoms. The fourth-order valence-electron chi connectivity index (χ4n) is 3.02. The zero-order chi connectivity index (χ0) is 23.3. The first-order valence-electron chi connectivity index (χ1n) is 9.96. The highest BCUT2D eigenvalue weighted by Gasteiger charge is 2.30. The molecule has 3 rings (SSSR count). The summed E-state index contributed by atoms with van der Waals surface area (Å²) in [6.45, 7) is 4.52. The number of anilines is 1. The van der Waals surface area contributed by atoms with Gasteiger partial charge in [-0.05, 0) is 56.2 Å². The van der Waals surface area contributed by atoms with Gasteiger partial charge in [-0.15, -0.1) is 23.1 Å². The Morgan fingerprint density at radius 3 is 2.50 bits per heavy atom. The molecule has 9 heteroatoms. The second kappa shape index (κ2) is 10.4. The molecule has 2 N–H and O–H groups in total. The van der Waals surface area contributed by atoms with E-state index in [0.29, 0.717) is 23.5 Å². The van der Waals surface area contributed by atoms with Gasteiger partial charge in [0.05, 0.1) is 11.3 Å². The summed E-state index contributed by atoms with van der Waals surface area (Å²) in [5.41, 5.74) is 2.96.